The van der Waals surface area contributed by atoms with Crippen molar-refractivity contribution in [1.82, 2.24) is 15.1 Å². The van der Waals surface area contributed by atoms with Crippen molar-refractivity contribution >= 4 is 27.7 Å². The molecule has 0 aliphatic rings. The highest BCUT2D eigenvalue weighted by Crippen LogP contribution is 2.35. The molecule has 2 rings (SSSR count). The van der Waals surface area contributed by atoms with Crippen molar-refractivity contribution in [2.45, 2.75) is 43.2 Å². The minimum Gasteiger partial charge on any atom is -0.310 e. The summed E-state index contributed by atoms with van der Waals surface area (Å²) in [5.74, 6) is 0. The van der Waals surface area contributed by atoms with Crippen LogP contribution in [-0.4, -0.2) is 16.3 Å². The fourth-order valence-electron chi connectivity index (χ4n) is 2.22. The van der Waals surface area contributed by atoms with E-state index in [2.05, 4.69) is 64.5 Å². The van der Waals surface area contributed by atoms with Gasteiger partial charge in [0.25, 0.3) is 0 Å². The van der Waals surface area contributed by atoms with Crippen LogP contribution in [0.3, 0.4) is 0 Å². The van der Waals surface area contributed by atoms with Gasteiger partial charge >= 0.3 is 0 Å². The molecular weight excluding hydrogens is 346 g/mol. The lowest BCUT2D eigenvalue weighted by Gasteiger charge is -2.18. The number of aryl methyl sites for hydroxylation is 2. The molecule has 0 saturated carbocycles. The predicted molar refractivity (Wildman–Crippen MR) is 92.9 cm³/mol. The quantitative estimate of drug-likeness (QED) is 0.801. The standard InChI is InChI=1S/C16H22BrN3S/c1-5-8-18-12(3)14-7-6-13(17)10-15(14)21-16-9-11(2)19-20(16)4/h6-7,9-10,12,18H,5,8H2,1-4H3. The second-order valence-corrected chi connectivity index (χ2v) is 7.19. The number of nitrogens with zero attached hydrogens (tertiary/aromatic N) is 2. The molecule has 21 heavy (non-hydrogen) atoms. The third-order valence-electron chi connectivity index (χ3n) is 3.32. The van der Waals surface area contributed by atoms with E-state index < -0.39 is 0 Å². The molecule has 1 heterocycles. The lowest BCUT2D eigenvalue weighted by Crippen LogP contribution is -2.19. The monoisotopic (exact) mass is 367 g/mol. The largest absolute Gasteiger partial charge is 0.310 e. The van der Waals surface area contributed by atoms with Crippen molar-refractivity contribution in [3.63, 3.8) is 0 Å². The molecule has 0 saturated heterocycles. The molecular formula is C16H22BrN3S. The van der Waals surface area contributed by atoms with Gasteiger partial charge in [0.15, 0.2) is 0 Å². The van der Waals surface area contributed by atoms with Crippen LogP contribution in [0.25, 0.3) is 0 Å². The summed E-state index contributed by atoms with van der Waals surface area (Å²) in [6, 6.07) is 8.96. The Bertz CT molecular complexity index is 610. The van der Waals surface area contributed by atoms with E-state index in [0.717, 1.165) is 28.2 Å². The number of benzene rings is 1. The van der Waals surface area contributed by atoms with Gasteiger partial charge in [-0.15, -0.1) is 0 Å². The number of rotatable bonds is 6. The highest BCUT2D eigenvalue weighted by molar-refractivity contribution is 9.10. The molecule has 0 aliphatic carbocycles. The van der Waals surface area contributed by atoms with Gasteiger partial charge in [-0.1, -0.05) is 40.7 Å². The molecule has 5 heteroatoms. The number of nitrogens with one attached hydrogen (secondary N) is 1. The summed E-state index contributed by atoms with van der Waals surface area (Å²) in [6.45, 7) is 7.47. The van der Waals surface area contributed by atoms with Crippen molar-refractivity contribution in [2.75, 3.05) is 6.54 Å². The SMILES string of the molecule is CCCNC(C)c1ccc(Br)cc1Sc1cc(C)nn1C. The predicted octanol–water partition coefficient (Wildman–Crippen LogP) is 4.70. The second kappa shape index (κ2) is 7.47. The summed E-state index contributed by atoms with van der Waals surface area (Å²) in [7, 11) is 1.99. The number of hydrogen-bond donors (Lipinski definition) is 1. The Morgan fingerprint density at radius 3 is 2.76 bits per heavy atom. The summed E-state index contributed by atoms with van der Waals surface area (Å²) in [5, 5.41) is 9.15. The van der Waals surface area contributed by atoms with Crippen LogP contribution in [0.15, 0.2) is 38.7 Å². The molecule has 0 fully saturated rings. The first-order valence-corrected chi connectivity index (χ1v) is 8.83. The van der Waals surface area contributed by atoms with Crippen molar-refractivity contribution in [1.29, 1.82) is 0 Å². The van der Waals surface area contributed by atoms with Crippen LogP contribution in [0, 0.1) is 6.92 Å². The molecule has 2 aromatic rings. The zero-order valence-electron chi connectivity index (χ0n) is 13.0. The lowest BCUT2D eigenvalue weighted by molar-refractivity contribution is 0.563. The van der Waals surface area contributed by atoms with Crippen LogP contribution < -0.4 is 5.32 Å². The van der Waals surface area contributed by atoms with Crippen molar-refractivity contribution < 1.29 is 0 Å². The normalized spacial score (nSPS) is 12.6. The van der Waals surface area contributed by atoms with Crippen LogP contribution in [-0.2, 0) is 7.05 Å². The van der Waals surface area contributed by atoms with Crippen LogP contribution >= 0.6 is 27.7 Å². The maximum atomic E-state index is 4.42. The van der Waals surface area contributed by atoms with Crippen molar-refractivity contribution in [2.24, 2.45) is 7.05 Å². The molecule has 1 unspecified atom stereocenters. The van der Waals surface area contributed by atoms with E-state index in [1.165, 1.54) is 10.5 Å². The highest BCUT2D eigenvalue weighted by Gasteiger charge is 2.13. The molecule has 0 spiro atoms. The first kappa shape index (κ1) is 16.6. The van der Waals surface area contributed by atoms with Crippen LogP contribution in [0.2, 0.25) is 0 Å². The van der Waals surface area contributed by atoms with Gasteiger partial charge in [-0.2, -0.15) is 5.10 Å². The minimum atomic E-state index is 0.342. The smallest absolute Gasteiger partial charge is 0.0987 e. The lowest BCUT2D eigenvalue weighted by atomic mass is 10.1. The molecule has 114 valence electrons. The highest BCUT2D eigenvalue weighted by atomic mass is 79.9. The third-order valence-corrected chi connectivity index (χ3v) is 4.97. The molecule has 1 atom stereocenters. The van der Waals surface area contributed by atoms with Crippen LogP contribution in [0.1, 0.15) is 37.6 Å². The summed E-state index contributed by atoms with van der Waals surface area (Å²) in [4.78, 5) is 1.27. The van der Waals surface area contributed by atoms with Gasteiger partial charge in [0.2, 0.25) is 0 Å². The van der Waals surface area contributed by atoms with E-state index >= 15 is 0 Å². The Hall–Kier alpha value is -0.780. The van der Waals surface area contributed by atoms with Gasteiger partial charge in [0.1, 0.15) is 0 Å². The number of hydrogen-bond acceptors (Lipinski definition) is 3. The van der Waals surface area contributed by atoms with Gasteiger partial charge < -0.3 is 5.32 Å². The summed E-state index contributed by atoms with van der Waals surface area (Å²) in [6.07, 6.45) is 1.14. The van der Waals surface area contributed by atoms with Gasteiger partial charge in [0.05, 0.1) is 10.7 Å². The fraction of sp³-hybridized carbons (Fsp3) is 0.438. The molecule has 1 aromatic carbocycles. The summed E-state index contributed by atoms with van der Waals surface area (Å²) < 4.78 is 3.05. The van der Waals surface area contributed by atoms with Gasteiger partial charge in [-0.05, 0) is 50.6 Å². The fourth-order valence-corrected chi connectivity index (χ4v) is 3.91. The second-order valence-electron chi connectivity index (χ2n) is 5.21. The van der Waals surface area contributed by atoms with Crippen LogP contribution in [0.4, 0.5) is 0 Å². The zero-order chi connectivity index (χ0) is 15.4. The van der Waals surface area contributed by atoms with Crippen molar-refractivity contribution in [3.8, 4) is 0 Å². The molecule has 1 N–H and O–H groups in total. The molecule has 0 aliphatic heterocycles. The Kier molecular flexibility index (Phi) is 5.90. The van der Waals surface area contributed by atoms with Gasteiger partial charge in [-0.25, -0.2) is 0 Å². The van der Waals surface area contributed by atoms with E-state index in [1.807, 2.05) is 18.7 Å². The topological polar surface area (TPSA) is 29.9 Å². The Balaban J connectivity index is 2.28. The van der Waals surface area contributed by atoms with Crippen molar-refractivity contribution in [3.05, 3.63) is 40.0 Å². The Morgan fingerprint density at radius 1 is 1.38 bits per heavy atom. The van der Waals surface area contributed by atoms with E-state index in [-0.39, 0.29) is 0 Å². The Labute approximate surface area is 139 Å². The first-order valence-electron chi connectivity index (χ1n) is 7.22. The summed E-state index contributed by atoms with van der Waals surface area (Å²) in [5.41, 5.74) is 2.38. The maximum Gasteiger partial charge on any atom is 0.0987 e. The van der Waals surface area contributed by atoms with E-state index in [0.29, 0.717) is 6.04 Å². The molecule has 0 amide bonds. The van der Waals surface area contributed by atoms with E-state index in [4.69, 9.17) is 0 Å². The van der Waals surface area contributed by atoms with Gasteiger partial charge in [0, 0.05) is 22.5 Å². The third kappa shape index (κ3) is 4.34. The van der Waals surface area contributed by atoms with Crippen LogP contribution in [0.5, 0.6) is 0 Å². The number of halogens is 1. The molecule has 1 aromatic heterocycles. The van der Waals surface area contributed by atoms with E-state index in [9.17, 15) is 0 Å². The molecule has 3 nitrogen and oxygen atoms in total. The average Bonchev–Trinajstić information content (AvgIpc) is 2.74. The molecule has 0 bridgehead atoms. The Morgan fingerprint density at radius 2 is 2.14 bits per heavy atom. The first-order chi connectivity index (χ1) is 10.0. The minimum absolute atomic E-state index is 0.342. The molecule has 0 radical (unpaired) electrons. The maximum absolute atomic E-state index is 4.42. The zero-order valence-corrected chi connectivity index (χ0v) is 15.4. The van der Waals surface area contributed by atoms with E-state index in [1.54, 1.807) is 11.8 Å². The summed E-state index contributed by atoms with van der Waals surface area (Å²) >= 11 is 5.35. The average molecular weight is 368 g/mol. The van der Waals surface area contributed by atoms with Gasteiger partial charge in [-0.3, -0.25) is 4.68 Å². The number of aromatic nitrogens is 2.